The Morgan fingerprint density at radius 3 is 2.09 bits per heavy atom. The van der Waals surface area contributed by atoms with Crippen molar-refractivity contribution in [2.75, 3.05) is 0 Å². The molecule has 4 rings (SSSR count). The van der Waals surface area contributed by atoms with Gasteiger partial charge in [0.05, 0.1) is 12.1 Å². The van der Waals surface area contributed by atoms with Gasteiger partial charge in [0.25, 0.3) is 0 Å². The Balaban J connectivity index is 1.77. The lowest BCUT2D eigenvalue weighted by Gasteiger charge is -2.19. The van der Waals surface area contributed by atoms with Crippen molar-refractivity contribution < 1.29 is 0 Å². The molecule has 1 aliphatic rings. The first kappa shape index (κ1) is 13.3. The monoisotopic (exact) mass is 302 g/mol. The first-order valence-corrected chi connectivity index (χ1v) is 8.14. The van der Waals surface area contributed by atoms with Gasteiger partial charge in [-0.25, -0.2) is 0 Å². The number of benzene rings is 2. The third kappa shape index (κ3) is 2.05. The topological polar surface area (TPSA) is 35.8 Å². The van der Waals surface area contributed by atoms with Crippen LogP contribution in [0.1, 0.15) is 28.1 Å². The third-order valence-corrected chi connectivity index (χ3v) is 5.06. The molecule has 0 saturated heterocycles. The number of nitrogens with one attached hydrogen (secondary N) is 1. The fourth-order valence-corrected chi connectivity index (χ4v) is 3.87. The molecule has 2 nitrogen and oxygen atoms in total. The summed E-state index contributed by atoms with van der Waals surface area (Å²) in [6.45, 7) is 0. The lowest BCUT2D eigenvalue weighted by atomic mass is 10.0. The molecule has 1 aromatic heterocycles. The van der Waals surface area contributed by atoms with E-state index in [0.717, 1.165) is 4.88 Å². The first-order valence-electron chi connectivity index (χ1n) is 7.26. The number of hydrogen-bond acceptors (Lipinski definition) is 3. The molecule has 1 atom stereocenters. The zero-order valence-corrected chi connectivity index (χ0v) is 12.7. The number of fused-ring (bicyclic) bond motifs is 3. The van der Waals surface area contributed by atoms with Crippen LogP contribution in [0.15, 0.2) is 66.0 Å². The summed E-state index contributed by atoms with van der Waals surface area (Å²) in [5.74, 6) is 0. The van der Waals surface area contributed by atoms with E-state index < -0.39 is 0 Å². The maximum atomic E-state index is 9.55. The van der Waals surface area contributed by atoms with Crippen molar-refractivity contribution in [2.45, 2.75) is 12.1 Å². The second kappa shape index (κ2) is 5.42. The van der Waals surface area contributed by atoms with Gasteiger partial charge >= 0.3 is 0 Å². The summed E-state index contributed by atoms with van der Waals surface area (Å²) >= 11 is 1.62. The molecule has 0 aliphatic heterocycles. The molecule has 0 unspecified atom stereocenters. The standard InChI is InChI=1S/C19H14N2S/c20-12-17(18-10-5-11-22-18)21-19-15-8-3-1-6-13(15)14-7-2-4-9-16(14)19/h1-11,17,19,21H/t17-/m0/s1. The molecule has 0 spiro atoms. The van der Waals surface area contributed by atoms with Gasteiger partial charge in [-0.2, -0.15) is 5.26 Å². The van der Waals surface area contributed by atoms with Crippen LogP contribution >= 0.6 is 11.3 Å². The Morgan fingerprint density at radius 1 is 0.909 bits per heavy atom. The second-order valence-corrected chi connectivity index (χ2v) is 6.33. The highest BCUT2D eigenvalue weighted by molar-refractivity contribution is 7.10. The van der Waals surface area contributed by atoms with E-state index in [9.17, 15) is 5.26 Å². The molecular weight excluding hydrogens is 288 g/mol. The summed E-state index contributed by atoms with van der Waals surface area (Å²) in [5, 5.41) is 15.1. The lowest BCUT2D eigenvalue weighted by Crippen LogP contribution is -2.24. The molecule has 1 aliphatic carbocycles. The van der Waals surface area contributed by atoms with Crippen LogP contribution in [0.3, 0.4) is 0 Å². The highest BCUT2D eigenvalue weighted by Gasteiger charge is 2.30. The quantitative estimate of drug-likeness (QED) is 0.763. The Kier molecular flexibility index (Phi) is 3.27. The zero-order valence-electron chi connectivity index (χ0n) is 11.9. The molecule has 1 heterocycles. The van der Waals surface area contributed by atoms with Crippen LogP contribution in [-0.4, -0.2) is 0 Å². The van der Waals surface area contributed by atoms with Crippen molar-refractivity contribution in [3.8, 4) is 17.2 Å². The van der Waals surface area contributed by atoms with Crippen LogP contribution in [0.25, 0.3) is 11.1 Å². The number of rotatable bonds is 3. The van der Waals surface area contributed by atoms with Crippen LogP contribution in [0.5, 0.6) is 0 Å². The molecule has 3 heteroatoms. The normalized spacial score (nSPS) is 14.1. The molecule has 2 aromatic carbocycles. The van der Waals surface area contributed by atoms with Gasteiger partial charge in [-0.15, -0.1) is 11.3 Å². The van der Waals surface area contributed by atoms with Gasteiger partial charge in [0.1, 0.15) is 6.04 Å². The van der Waals surface area contributed by atoms with Crippen LogP contribution in [0.2, 0.25) is 0 Å². The highest BCUT2D eigenvalue weighted by atomic mass is 32.1. The summed E-state index contributed by atoms with van der Waals surface area (Å²) in [4.78, 5) is 1.06. The molecule has 106 valence electrons. The summed E-state index contributed by atoms with van der Waals surface area (Å²) in [6, 6.07) is 23.0. The van der Waals surface area contributed by atoms with Gasteiger partial charge in [-0.05, 0) is 33.7 Å². The van der Waals surface area contributed by atoms with Gasteiger partial charge in [-0.3, -0.25) is 5.32 Å². The largest absolute Gasteiger partial charge is 0.287 e. The smallest absolute Gasteiger partial charge is 0.131 e. The number of nitriles is 1. The SMILES string of the molecule is N#C[C@H](NC1c2ccccc2-c2ccccc21)c1cccs1. The molecule has 0 bridgehead atoms. The van der Waals surface area contributed by atoms with Crippen molar-refractivity contribution in [1.82, 2.24) is 5.32 Å². The van der Waals surface area contributed by atoms with Crippen LogP contribution in [0, 0.1) is 11.3 Å². The van der Waals surface area contributed by atoms with Gasteiger partial charge in [0.2, 0.25) is 0 Å². The Hall–Kier alpha value is -2.41. The maximum absolute atomic E-state index is 9.55. The minimum Gasteiger partial charge on any atom is -0.287 e. The Labute approximate surface area is 133 Å². The molecule has 3 aromatic rings. The average Bonchev–Trinajstić information content (AvgIpc) is 3.20. The fourth-order valence-electron chi connectivity index (χ4n) is 3.14. The van der Waals surface area contributed by atoms with Crippen LogP contribution in [0.4, 0.5) is 0 Å². The first-order chi connectivity index (χ1) is 10.9. The Bertz CT molecular complexity index is 800. The highest BCUT2D eigenvalue weighted by Crippen LogP contribution is 2.44. The van der Waals surface area contributed by atoms with Gasteiger partial charge < -0.3 is 0 Å². The average molecular weight is 302 g/mol. The fraction of sp³-hybridized carbons (Fsp3) is 0.105. The predicted molar refractivity (Wildman–Crippen MR) is 89.5 cm³/mol. The summed E-state index contributed by atoms with van der Waals surface area (Å²) < 4.78 is 0. The third-order valence-electron chi connectivity index (χ3n) is 4.12. The van der Waals surface area contributed by atoms with Crippen LogP contribution < -0.4 is 5.32 Å². The molecule has 0 amide bonds. The minimum atomic E-state index is -0.288. The number of hydrogen-bond donors (Lipinski definition) is 1. The van der Waals surface area contributed by atoms with E-state index in [4.69, 9.17) is 0 Å². The van der Waals surface area contributed by atoms with Crippen molar-refractivity contribution in [2.24, 2.45) is 0 Å². The molecule has 0 fully saturated rings. The lowest BCUT2D eigenvalue weighted by molar-refractivity contribution is 0.573. The van der Waals surface area contributed by atoms with E-state index in [2.05, 4.69) is 59.9 Å². The van der Waals surface area contributed by atoms with Crippen molar-refractivity contribution in [3.63, 3.8) is 0 Å². The molecule has 1 N–H and O–H groups in total. The van der Waals surface area contributed by atoms with E-state index >= 15 is 0 Å². The van der Waals surface area contributed by atoms with E-state index in [-0.39, 0.29) is 12.1 Å². The van der Waals surface area contributed by atoms with Gasteiger partial charge in [0, 0.05) is 4.88 Å². The number of nitrogens with zero attached hydrogens (tertiary/aromatic N) is 1. The summed E-state index contributed by atoms with van der Waals surface area (Å²) in [7, 11) is 0. The summed E-state index contributed by atoms with van der Waals surface area (Å²) in [5.41, 5.74) is 5.03. The van der Waals surface area contributed by atoms with E-state index in [1.54, 1.807) is 11.3 Å². The van der Waals surface area contributed by atoms with Gasteiger partial charge in [-0.1, -0.05) is 54.6 Å². The zero-order chi connectivity index (χ0) is 14.9. The second-order valence-electron chi connectivity index (χ2n) is 5.35. The van der Waals surface area contributed by atoms with Crippen molar-refractivity contribution >= 4 is 11.3 Å². The predicted octanol–water partition coefficient (Wildman–Crippen LogP) is 4.67. The molecule has 0 radical (unpaired) electrons. The number of thiophene rings is 1. The Morgan fingerprint density at radius 2 is 1.55 bits per heavy atom. The van der Waals surface area contributed by atoms with E-state index in [0.29, 0.717) is 0 Å². The van der Waals surface area contributed by atoms with E-state index in [1.807, 2.05) is 17.5 Å². The van der Waals surface area contributed by atoms with E-state index in [1.165, 1.54) is 22.3 Å². The molecule has 0 saturated carbocycles. The molecule has 22 heavy (non-hydrogen) atoms. The minimum absolute atomic E-state index is 0.0687. The van der Waals surface area contributed by atoms with Gasteiger partial charge in [0.15, 0.2) is 0 Å². The van der Waals surface area contributed by atoms with Crippen LogP contribution in [-0.2, 0) is 0 Å². The maximum Gasteiger partial charge on any atom is 0.131 e. The summed E-state index contributed by atoms with van der Waals surface area (Å²) in [6.07, 6.45) is 0. The molecular formula is C19H14N2S. The van der Waals surface area contributed by atoms with Crippen molar-refractivity contribution in [1.29, 1.82) is 5.26 Å². The van der Waals surface area contributed by atoms with Crippen molar-refractivity contribution in [3.05, 3.63) is 82.0 Å².